The molecule has 0 saturated heterocycles. The molecule has 2 heterocycles. The SMILES string of the molecule is CNC(=O)Cn1cc(NC(=O)c2cnc(Cl)cn2)cn1. The molecule has 0 aliphatic rings. The lowest BCUT2D eigenvalue weighted by Gasteiger charge is -2.01. The standard InChI is InChI=1S/C11H11ClN6O2/c1-13-10(19)6-18-5-7(2-16-18)17-11(20)8-3-15-9(12)4-14-8/h2-5H,6H2,1H3,(H,13,19)(H,17,20). The number of nitrogens with zero attached hydrogens (tertiary/aromatic N) is 4. The van der Waals surface area contributed by atoms with Gasteiger partial charge in [-0.25, -0.2) is 9.97 Å². The molecule has 0 spiro atoms. The van der Waals surface area contributed by atoms with Gasteiger partial charge in [-0.15, -0.1) is 0 Å². The van der Waals surface area contributed by atoms with E-state index in [0.29, 0.717) is 5.69 Å². The maximum atomic E-state index is 11.8. The molecule has 0 fully saturated rings. The number of nitrogens with one attached hydrogen (secondary N) is 2. The molecule has 0 aliphatic heterocycles. The average Bonchev–Trinajstić information content (AvgIpc) is 2.86. The fourth-order valence-electron chi connectivity index (χ4n) is 1.37. The van der Waals surface area contributed by atoms with E-state index in [2.05, 4.69) is 25.7 Å². The van der Waals surface area contributed by atoms with Gasteiger partial charge < -0.3 is 10.6 Å². The zero-order valence-corrected chi connectivity index (χ0v) is 11.3. The lowest BCUT2D eigenvalue weighted by atomic mass is 10.4. The predicted octanol–water partition coefficient (Wildman–Crippen LogP) is 0.325. The van der Waals surface area contributed by atoms with Crippen LogP contribution in [-0.4, -0.2) is 38.6 Å². The highest BCUT2D eigenvalue weighted by Crippen LogP contribution is 2.08. The highest BCUT2D eigenvalue weighted by atomic mass is 35.5. The van der Waals surface area contributed by atoms with Gasteiger partial charge >= 0.3 is 0 Å². The number of hydrogen-bond acceptors (Lipinski definition) is 5. The lowest BCUT2D eigenvalue weighted by Crippen LogP contribution is -2.23. The summed E-state index contributed by atoms with van der Waals surface area (Å²) in [5, 5.41) is 9.22. The van der Waals surface area contributed by atoms with Crippen LogP contribution in [0.3, 0.4) is 0 Å². The Morgan fingerprint density at radius 2 is 2.10 bits per heavy atom. The van der Waals surface area contributed by atoms with E-state index < -0.39 is 5.91 Å². The Morgan fingerprint density at radius 3 is 2.75 bits per heavy atom. The minimum atomic E-state index is -0.436. The zero-order chi connectivity index (χ0) is 14.5. The molecule has 0 radical (unpaired) electrons. The van der Waals surface area contributed by atoms with Gasteiger partial charge in [-0.05, 0) is 0 Å². The summed E-state index contributed by atoms with van der Waals surface area (Å²) in [5.41, 5.74) is 0.587. The zero-order valence-electron chi connectivity index (χ0n) is 10.5. The second-order valence-corrected chi connectivity index (χ2v) is 4.17. The van der Waals surface area contributed by atoms with Crippen molar-refractivity contribution in [3.05, 3.63) is 35.6 Å². The van der Waals surface area contributed by atoms with Gasteiger partial charge in [-0.3, -0.25) is 14.3 Å². The third kappa shape index (κ3) is 3.51. The summed E-state index contributed by atoms with van der Waals surface area (Å²) in [5.74, 6) is -0.622. The Morgan fingerprint density at radius 1 is 1.30 bits per heavy atom. The van der Waals surface area contributed by atoms with Crippen molar-refractivity contribution in [1.29, 1.82) is 0 Å². The topological polar surface area (TPSA) is 102 Å². The van der Waals surface area contributed by atoms with Crippen molar-refractivity contribution in [2.24, 2.45) is 0 Å². The summed E-state index contributed by atoms with van der Waals surface area (Å²) in [6, 6.07) is 0. The first-order chi connectivity index (χ1) is 9.58. The molecular weight excluding hydrogens is 284 g/mol. The second-order valence-electron chi connectivity index (χ2n) is 3.78. The highest BCUT2D eigenvalue weighted by Gasteiger charge is 2.10. The molecule has 2 aromatic heterocycles. The van der Waals surface area contributed by atoms with E-state index in [1.54, 1.807) is 0 Å². The van der Waals surface area contributed by atoms with Crippen LogP contribution < -0.4 is 10.6 Å². The number of aromatic nitrogens is 4. The van der Waals surface area contributed by atoms with Crippen molar-refractivity contribution < 1.29 is 9.59 Å². The third-order valence-corrected chi connectivity index (χ3v) is 2.52. The van der Waals surface area contributed by atoms with Gasteiger partial charge in [0.15, 0.2) is 0 Å². The molecule has 2 amide bonds. The molecule has 0 unspecified atom stereocenters. The molecule has 9 heteroatoms. The minimum Gasteiger partial charge on any atom is -0.358 e. The third-order valence-electron chi connectivity index (χ3n) is 2.33. The normalized spacial score (nSPS) is 10.1. The first-order valence-electron chi connectivity index (χ1n) is 5.60. The molecular formula is C11H11ClN6O2. The fourth-order valence-corrected chi connectivity index (χ4v) is 1.46. The first-order valence-corrected chi connectivity index (χ1v) is 5.98. The Kier molecular flexibility index (Phi) is 4.26. The molecule has 2 rings (SSSR count). The molecule has 0 saturated carbocycles. The number of amides is 2. The summed E-state index contributed by atoms with van der Waals surface area (Å²) < 4.78 is 1.40. The van der Waals surface area contributed by atoms with E-state index in [9.17, 15) is 9.59 Å². The van der Waals surface area contributed by atoms with Crippen LogP contribution >= 0.6 is 11.6 Å². The number of hydrogen-bond donors (Lipinski definition) is 2. The van der Waals surface area contributed by atoms with Crippen LogP contribution in [0.15, 0.2) is 24.8 Å². The number of carbonyl (C=O) groups is 2. The quantitative estimate of drug-likeness (QED) is 0.846. The molecule has 0 aliphatic carbocycles. The molecule has 0 atom stereocenters. The molecule has 2 aromatic rings. The summed E-state index contributed by atoms with van der Waals surface area (Å²) in [4.78, 5) is 30.6. The van der Waals surface area contributed by atoms with Crippen LogP contribution in [0.25, 0.3) is 0 Å². The van der Waals surface area contributed by atoms with E-state index >= 15 is 0 Å². The number of carbonyl (C=O) groups excluding carboxylic acids is 2. The average molecular weight is 295 g/mol. The van der Waals surface area contributed by atoms with E-state index in [1.807, 2.05) is 0 Å². The molecule has 2 N–H and O–H groups in total. The molecule has 104 valence electrons. The summed E-state index contributed by atoms with van der Waals surface area (Å²) >= 11 is 5.59. The van der Waals surface area contributed by atoms with E-state index in [-0.39, 0.29) is 23.3 Å². The van der Waals surface area contributed by atoms with Crippen molar-refractivity contribution in [1.82, 2.24) is 25.1 Å². The number of halogens is 1. The summed E-state index contributed by atoms with van der Waals surface area (Å²) in [6.07, 6.45) is 5.53. The predicted molar refractivity (Wildman–Crippen MR) is 71.3 cm³/mol. The van der Waals surface area contributed by atoms with E-state index in [0.717, 1.165) is 0 Å². The van der Waals surface area contributed by atoms with Crippen molar-refractivity contribution in [3.63, 3.8) is 0 Å². The van der Waals surface area contributed by atoms with Crippen LogP contribution in [-0.2, 0) is 11.3 Å². The van der Waals surface area contributed by atoms with E-state index in [1.165, 1.54) is 36.5 Å². The van der Waals surface area contributed by atoms with Crippen LogP contribution in [0.5, 0.6) is 0 Å². The monoisotopic (exact) mass is 294 g/mol. The highest BCUT2D eigenvalue weighted by molar-refractivity contribution is 6.29. The minimum absolute atomic E-state index is 0.0765. The molecule has 0 aromatic carbocycles. The first kappa shape index (κ1) is 13.9. The van der Waals surface area contributed by atoms with Crippen molar-refractivity contribution in [3.8, 4) is 0 Å². The summed E-state index contributed by atoms with van der Waals surface area (Å²) in [6.45, 7) is 0.0765. The molecule has 20 heavy (non-hydrogen) atoms. The largest absolute Gasteiger partial charge is 0.358 e. The van der Waals surface area contributed by atoms with Gasteiger partial charge in [0.2, 0.25) is 5.91 Å². The fraction of sp³-hybridized carbons (Fsp3) is 0.182. The molecule has 8 nitrogen and oxygen atoms in total. The van der Waals surface area contributed by atoms with Crippen molar-refractivity contribution >= 4 is 29.1 Å². The number of rotatable bonds is 4. The number of anilines is 1. The second kappa shape index (κ2) is 6.11. The maximum Gasteiger partial charge on any atom is 0.275 e. The lowest BCUT2D eigenvalue weighted by molar-refractivity contribution is -0.121. The number of likely N-dealkylation sites (N-methyl/N-ethyl adjacent to an activating group) is 1. The maximum absolute atomic E-state index is 11.8. The van der Waals surface area contributed by atoms with Crippen LogP contribution in [0.4, 0.5) is 5.69 Å². The van der Waals surface area contributed by atoms with Crippen LogP contribution in [0, 0.1) is 0 Å². The van der Waals surface area contributed by atoms with Gasteiger partial charge in [0.05, 0.1) is 24.3 Å². The van der Waals surface area contributed by atoms with Crippen molar-refractivity contribution in [2.45, 2.75) is 6.54 Å². The van der Waals surface area contributed by atoms with Crippen LogP contribution in [0.1, 0.15) is 10.5 Å². The Hall–Kier alpha value is -2.48. The van der Waals surface area contributed by atoms with Gasteiger partial charge in [-0.2, -0.15) is 5.10 Å². The van der Waals surface area contributed by atoms with Crippen LogP contribution in [0.2, 0.25) is 5.15 Å². The molecule has 0 bridgehead atoms. The van der Waals surface area contributed by atoms with E-state index in [4.69, 9.17) is 11.6 Å². The van der Waals surface area contributed by atoms with Gasteiger partial charge in [0, 0.05) is 13.2 Å². The van der Waals surface area contributed by atoms with Gasteiger partial charge in [0.25, 0.3) is 5.91 Å². The Bertz CT molecular complexity index is 624. The van der Waals surface area contributed by atoms with Gasteiger partial charge in [0.1, 0.15) is 17.4 Å². The Balaban J connectivity index is 2.01. The summed E-state index contributed by atoms with van der Waals surface area (Å²) in [7, 11) is 1.54. The smallest absolute Gasteiger partial charge is 0.275 e. The Labute approximate surface area is 119 Å². The van der Waals surface area contributed by atoms with Gasteiger partial charge in [-0.1, -0.05) is 11.6 Å². The van der Waals surface area contributed by atoms with Crippen molar-refractivity contribution in [2.75, 3.05) is 12.4 Å².